The summed E-state index contributed by atoms with van der Waals surface area (Å²) >= 11 is 5.24. The molecule has 1 aliphatic carbocycles. The highest BCUT2D eigenvalue weighted by molar-refractivity contribution is 7.80. The number of fused-ring (bicyclic) bond motifs is 3. The second-order valence-corrected chi connectivity index (χ2v) is 7.27. The van der Waals surface area contributed by atoms with Crippen LogP contribution in [0.3, 0.4) is 0 Å². The molecule has 0 radical (unpaired) electrons. The minimum absolute atomic E-state index is 0.0939. The molecular weight excluding hydrogens is 304 g/mol. The van der Waals surface area contributed by atoms with Gasteiger partial charge >= 0.3 is 0 Å². The third kappa shape index (κ3) is 3.27. The van der Waals surface area contributed by atoms with Crippen LogP contribution in [0.4, 0.5) is 5.69 Å². The summed E-state index contributed by atoms with van der Waals surface area (Å²) in [6.07, 6.45) is 0.933. The van der Waals surface area contributed by atoms with Gasteiger partial charge in [0.2, 0.25) is 5.91 Å². The van der Waals surface area contributed by atoms with Crippen molar-refractivity contribution >= 4 is 28.9 Å². The maximum absolute atomic E-state index is 12.0. The van der Waals surface area contributed by atoms with Gasteiger partial charge in [0, 0.05) is 11.1 Å². The van der Waals surface area contributed by atoms with Crippen LogP contribution in [0.25, 0.3) is 11.1 Å². The monoisotopic (exact) mass is 324 g/mol. The van der Waals surface area contributed by atoms with Gasteiger partial charge in [0.1, 0.15) is 0 Å². The van der Waals surface area contributed by atoms with Gasteiger partial charge < -0.3 is 10.6 Å². The first-order valence-electron chi connectivity index (χ1n) is 7.68. The summed E-state index contributed by atoms with van der Waals surface area (Å²) in [5.74, 6) is -0.0939. The Kier molecular flexibility index (Phi) is 3.94. The summed E-state index contributed by atoms with van der Waals surface area (Å²) in [7, 11) is 0. The molecule has 2 aromatic rings. The first-order chi connectivity index (χ1) is 10.8. The molecule has 0 aromatic heterocycles. The van der Waals surface area contributed by atoms with Gasteiger partial charge in [-0.25, -0.2) is 0 Å². The summed E-state index contributed by atoms with van der Waals surface area (Å²) in [5, 5.41) is 6.17. The van der Waals surface area contributed by atoms with Crippen LogP contribution in [0.5, 0.6) is 0 Å². The van der Waals surface area contributed by atoms with Gasteiger partial charge in [0.05, 0.1) is 0 Å². The van der Waals surface area contributed by atoms with E-state index in [1.165, 1.54) is 22.3 Å². The van der Waals surface area contributed by atoms with E-state index >= 15 is 0 Å². The predicted molar refractivity (Wildman–Crippen MR) is 98.5 cm³/mol. The largest absolute Gasteiger partial charge is 0.332 e. The molecule has 0 saturated carbocycles. The van der Waals surface area contributed by atoms with Crippen molar-refractivity contribution in [3.63, 3.8) is 0 Å². The average Bonchev–Trinajstić information content (AvgIpc) is 2.83. The van der Waals surface area contributed by atoms with E-state index in [1.807, 2.05) is 26.8 Å². The van der Waals surface area contributed by atoms with Crippen molar-refractivity contribution in [1.29, 1.82) is 0 Å². The van der Waals surface area contributed by atoms with Gasteiger partial charge in [-0.05, 0) is 53.0 Å². The third-order valence-electron chi connectivity index (χ3n) is 3.96. The van der Waals surface area contributed by atoms with E-state index in [1.54, 1.807) is 0 Å². The Hall–Kier alpha value is -2.20. The second kappa shape index (κ2) is 5.78. The molecule has 0 saturated heterocycles. The summed E-state index contributed by atoms with van der Waals surface area (Å²) < 4.78 is 0. The van der Waals surface area contributed by atoms with E-state index in [0.29, 0.717) is 5.11 Å². The smallest absolute Gasteiger partial charge is 0.231 e. The van der Waals surface area contributed by atoms with Crippen LogP contribution in [-0.2, 0) is 11.2 Å². The van der Waals surface area contributed by atoms with E-state index in [9.17, 15) is 4.79 Å². The molecule has 2 aromatic carbocycles. The summed E-state index contributed by atoms with van der Waals surface area (Å²) in [4.78, 5) is 12.0. The summed E-state index contributed by atoms with van der Waals surface area (Å²) in [5.41, 5.74) is 5.64. The quantitative estimate of drug-likeness (QED) is 0.662. The van der Waals surface area contributed by atoms with Crippen LogP contribution in [0.1, 0.15) is 31.9 Å². The highest BCUT2D eigenvalue weighted by Crippen LogP contribution is 2.37. The van der Waals surface area contributed by atoms with Crippen LogP contribution < -0.4 is 10.6 Å². The Morgan fingerprint density at radius 1 is 1.04 bits per heavy atom. The third-order valence-corrected chi connectivity index (χ3v) is 4.16. The highest BCUT2D eigenvalue weighted by atomic mass is 32.1. The lowest BCUT2D eigenvalue weighted by atomic mass is 9.96. The van der Waals surface area contributed by atoms with Crippen LogP contribution in [0, 0.1) is 5.41 Å². The number of benzene rings is 2. The Bertz CT molecular complexity index is 790. The molecule has 0 spiro atoms. The van der Waals surface area contributed by atoms with E-state index in [-0.39, 0.29) is 5.91 Å². The molecule has 0 unspecified atom stereocenters. The molecule has 1 aliphatic rings. The van der Waals surface area contributed by atoms with Crippen molar-refractivity contribution in [2.75, 3.05) is 5.32 Å². The lowest BCUT2D eigenvalue weighted by Gasteiger charge is -2.18. The lowest BCUT2D eigenvalue weighted by Crippen LogP contribution is -2.41. The number of carbonyl (C=O) groups excluding carboxylic acids is 1. The zero-order chi connectivity index (χ0) is 16.6. The molecule has 0 fully saturated rings. The van der Waals surface area contributed by atoms with Crippen molar-refractivity contribution in [3.05, 3.63) is 53.6 Å². The van der Waals surface area contributed by atoms with Crippen molar-refractivity contribution in [2.45, 2.75) is 27.2 Å². The van der Waals surface area contributed by atoms with E-state index < -0.39 is 5.41 Å². The van der Waals surface area contributed by atoms with Gasteiger partial charge in [-0.1, -0.05) is 51.1 Å². The SMILES string of the molecule is CC(C)(C)C(=O)NC(=S)Nc1ccc2c(c1)Cc1ccccc1-2. The zero-order valence-corrected chi connectivity index (χ0v) is 14.4. The number of hydrogen-bond donors (Lipinski definition) is 2. The number of hydrogen-bond acceptors (Lipinski definition) is 2. The van der Waals surface area contributed by atoms with E-state index in [0.717, 1.165) is 12.1 Å². The van der Waals surface area contributed by atoms with Gasteiger partial charge in [0.25, 0.3) is 0 Å². The fourth-order valence-electron chi connectivity index (χ4n) is 2.68. The van der Waals surface area contributed by atoms with Crippen LogP contribution in [-0.4, -0.2) is 11.0 Å². The number of anilines is 1. The molecule has 2 N–H and O–H groups in total. The Balaban J connectivity index is 1.73. The Morgan fingerprint density at radius 2 is 1.74 bits per heavy atom. The Labute approximate surface area is 142 Å². The molecule has 0 bridgehead atoms. The molecule has 3 rings (SSSR count). The molecule has 1 amide bonds. The highest BCUT2D eigenvalue weighted by Gasteiger charge is 2.22. The standard InChI is InChI=1S/C19H20N2OS/c1-19(2,3)17(22)21-18(23)20-14-8-9-16-13(11-14)10-12-6-4-5-7-15(12)16/h4-9,11H,10H2,1-3H3,(H2,20,21,22,23). The van der Waals surface area contributed by atoms with Gasteiger partial charge in [-0.3, -0.25) is 4.79 Å². The van der Waals surface area contributed by atoms with Crippen LogP contribution in [0.2, 0.25) is 0 Å². The predicted octanol–water partition coefficient (Wildman–Crippen LogP) is 4.12. The molecule has 0 atom stereocenters. The summed E-state index contributed by atoms with van der Waals surface area (Å²) in [6.45, 7) is 5.58. The normalized spacial score (nSPS) is 12.3. The van der Waals surface area contributed by atoms with Crippen LogP contribution in [0.15, 0.2) is 42.5 Å². The molecule has 0 aliphatic heterocycles. The Morgan fingerprint density at radius 3 is 2.48 bits per heavy atom. The lowest BCUT2D eigenvalue weighted by molar-refractivity contribution is -0.126. The zero-order valence-electron chi connectivity index (χ0n) is 13.6. The van der Waals surface area contributed by atoms with Crippen molar-refractivity contribution in [2.24, 2.45) is 5.41 Å². The molecular formula is C19H20N2OS. The average molecular weight is 324 g/mol. The fourth-order valence-corrected chi connectivity index (χ4v) is 2.89. The van der Waals surface area contributed by atoms with Gasteiger partial charge in [0.15, 0.2) is 5.11 Å². The van der Waals surface area contributed by atoms with Gasteiger partial charge in [-0.15, -0.1) is 0 Å². The minimum Gasteiger partial charge on any atom is -0.332 e. The number of carbonyl (C=O) groups is 1. The van der Waals surface area contributed by atoms with Crippen molar-refractivity contribution in [3.8, 4) is 11.1 Å². The fraction of sp³-hybridized carbons (Fsp3) is 0.263. The van der Waals surface area contributed by atoms with E-state index in [2.05, 4.69) is 47.0 Å². The number of rotatable bonds is 1. The molecule has 118 valence electrons. The molecule has 3 nitrogen and oxygen atoms in total. The topological polar surface area (TPSA) is 41.1 Å². The molecule has 0 heterocycles. The second-order valence-electron chi connectivity index (χ2n) is 6.86. The molecule has 23 heavy (non-hydrogen) atoms. The number of thiocarbonyl (C=S) groups is 1. The number of nitrogens with one attached hydrogen (secondary N) is 2. The van der Waals surface area contributed by atoms with Crippen molar-refractivity contribution < 1.29 is 4.79 Å². The number of amides is 1. The maximum Gasteiger partial charge on any atom is 0.231 e. The summed E-state index contributed by atoms with van der Waals surface area (Å²) in [6, 6.07) is 14.7. The van der Waals surface area contributed by atoms with Gasteiger partial charge in [-0.2, -0.15) is 0 Å². The van der Waals surface area contributed by atoms with E-state index in [4.69, 9.17) is 12.2 Å². The first kappa shape index (κ1) is 15.7. The first-order valence-corrected chi connectivity index (χ1v) is 8.09. The maximum atomic E-state index is 12.0. The van der Waals surface area contributed by atoms with Crippen LogP contribution >= 0.6 is 12.2 Å². The molecule has 4 heteroatoms. The minimum atomic E-state index is -0.467. The van der Waals surface area contributed by atoms with Crippen molar-refractivity contribution in [1.82, 2.24) is 5.32 Å².